The van der Waals surface area contributed by atoms with Crippen LogP contribution in [0.2, 0.25) is 0 Å². The van der Waals surface area contributed by atoms with E-state index >= 15 is 0 Å². The van der Waals surface area contributed by atoms with Crippen LogP contribution in [0.4, 0.5) is 4.39 Å². The predicted molar refractivity (Wildman–Crippen MR) is 78.7 cm³/mol. The minimum Gasteiger partial charge on any atom is -0.313 e. The summed E-state index contributed by atoms with van der Waals surface area (Å²) in [7, 11) is 1.98. The zero-order valence-electron chi connectivity index (χ0n) is 12.2. The summed E-state index contributed by atoms with van der Waals surface area (Å²) in [4.78, 5) is 0. The van der Waals surface area contributed by atoms with Crippen molar-refractivity contribution >= 4 is 0 Å². The highest BCUT2D eigenvalue weighted by Gasteiger charge is 2.17. The molecule has 1 nitrogen and oxygen atoms in total. The summed E-state index contributed by atoms with van der Waals surface area (Å²) in [6, 6.07) is 5.66. The van der Waals surface area contributed by atoms with Crippen LogP contribution in [0.15, 0.2) is 18.2 Å². The Morgan fingerprint density at radius 2 is 1.95 bits per heavy atom. The highest BCUT2D eigenvalue weighted by Crippen LogP contribution is 2.30. The van der Waals surface area contributed by atoms with Crippen molar-refractivity contribution in [1.29, 1.82) is 0 Å². The van der Waals surface area contributed by atoms with Gasteiger partial charge in [0.25, 0.3) is 0 Å². The van der Waals surface area contributed by atoms with Crippen LogP contribution in [0.25, 0.3) is 0 Å². The quantitative estimate of drug-likeness (QED) is 0.808. The number of aryl methyl sites for hydroxylation is 1. The van der Waals surface area contributed by atoms with Gasteiger partial charge in [0.1, 0.15) is 5.82 Å². The molecule has 2 rings (SSSR count). The maximum atomic E-state index is 13.5. The van der Waals surface area contributed by atoms with Crippen molar-refractivity contribution in [3.8, 4) is 0 Å². The third-order valence-corrected chi connectivity index (χ3v) is 4.40. The third-order valence-electron chi connectivity index (χ3n) is 4.40. The van der Waals surface area contributed by atoms with Crippen LogP contribution < -0.4 is 5.32 Å². The van der Waals surface area contributed by atoms with Crippen LogP contribution >= 0.6 is 0 Å². The van der Waals surface area contributed by atoms with Crippen molar-refractivity contribution in [3.05, 3.63) is 35.1 Å². The molecule has 0 spiro atoms. The molecule has 2 heteroatoms. The van der Waals surface area contributed by atoms with E-state index in [0.717, 1.165) is 23.5 Å². The average Bonchev–Trinajstić information content (AvgIpc) is 2.39. The van der Waals surface area contributed by atoms with E-state index in [1.54, 1.807) is 12.1 Å². The first kappa shape index (κ1) is 14.5. The van der Waals surface area contributed by atoms with Gasteiger partial charge >= 0.3 is 0 Å². The van der Waals surface area contributed by atoms with E-state index in [2.05, 4.69) is 11.4 Å². The molecule has 19 heavy (non-hydrogen) atoms. The standard InChI is InChI=1S/C17H26FN/c1-13-10-15(12-16(18)11-13)17(19-2)9-8-14-6-4-3-5-7-14/h10-12,14,17,19H,3-9H2,1-2H3. The maximum absolute atomic E-state index is 13.5. The Hall–Kier alpha value is -0.890. The zero-order valence-corrected chi connectivity index (χ0v) is 12.2. The molecule has 0 amide bonds. The molecule has 0 saturated heterocycles. The van der Waals surface area contributed by atoms with Gasteiger partial charge in [-0.25, -0.2) is 4.39 Å². The number of rotatable bonds is 5. The van der Waals surface area contributed by atoms with Crippen LogP contribution in [0.3, 0.4) is 0 Å². The fraction of sp³-hybridized carbons (Fsp3) is 0.647. The molecule has 0 bridgehead atoms. The second kappa shape index (κ2) is 7.04. The van der Waals surface area contributed by atoms with Gasteiger partial charge in [0, 0.05) is 6.04 Å². The normalized spacial score (nSPS) is 18.5. The van der Waals surface area contributed by atoms with Crippen LogP contribution in [-0.4, -0.2) is 7.05 Å². The molecule has 1 unspecified atom stereocenters. The lowest BCUT2D eigenvalue weighted by Crippen LogP contribution is -2.18. The Labute approximate surface area is 116 Å². The van der Waals surface area contributed by atoms with Gasteiger partial charge in [-0.3, -0.25) is 0 Å². The van der Waals surface area contributed by atoms with Gasteiger partial charge in [0.15, 0.2) is 0 Å². The van der Waals surface area contributed by atoms with Gasteiger partial charge in [-0.15, -0.1) is 0 Å². The molecule has 0 aliphatic heterocycles. The van der Waals surface area contributed by atoms with Gasteiger partial charge in [-0.2, -0.15) is 0 Å². The molecule has 1 atom stereocenters. The van der Waals surface area contributed by atoms with Crippen molar-refractivity contribution in [3.63, 3.8) is 0 Å². The summed E-state index contributed by atoms with van der Waals surface area (Å²) in [6.45, 7) is 1.96. The number of benzene rings is 1. The van der Waals surface area contributed by atoms with Crippen LogP contribution in [0.1, 0.15) is 62.1 Å². The molecule has 1 aromatic rings. The predicted octanol–water partition coefficient (Wildman–Crippen LogP) is 4.76. The Bertz CT molecular complexity index is 376. The maximum Gasteiger partial charge on any atom is 0.123 e. The van der Waals surface area contributed by atoms with E-state index in [1.165, 1.54) is 38.5 Å². The fourth-order valence-corrected chi connectivity index (χ4v) is 3.32. The van der Waals surface area contributed by atoms with Gasteiger partial charge in [-0.1, -0.05) is 38.2 Å². The highest BCUT2D eigenvalue weighted by molar-refractivity contribution is 5.26. The SMILES string of the molecule is CNC(CCC1CCCCC1)c1cc(C)cc(F)c1. The minimum absolute atomic E-state index is 0.118. The van der Waals surface area contributed by atoms with E-state index < -0.39 is 0 Å². The first-order chi connectivity index (χ1) is 9.19. The second-order valence-corrected chi connectivity index (χ2v) is 5.98. The molecule has 0 heterocycles. The van der Waals surface area contributed by atoms with E-state index in [1.807, 2.05) is 14.0 Å². The van der Waals surface area contributed by atoms with Gasteiger partial charge in [0.05, 0.1) is 0 Å². The van der Waals surface area contributed by atoms with E-state index in [0.29, 0.717) is 0 Å². The Morgan fingerprint density at radius 3 is 2.58 bits per heavy atom. The van der Waals surface area contributed by atoms with E-state index in [4.69, 9.17) is 0 Å². The van der Waals surface area contributed by atoms with E-state index in [-0.39, 0.29) is 11.9 Å². The zero-order chi connectivity index (χ0) is 13.7. The lowest BCUT2D eigenvalue weighted by Gasteiger charge is -2.24. The first-order valence-corrected chi connectivity index (χ1v) is 7.63. The molecular weight excluding hydrogens is 237 g/mol. The van der Waals surface area contributed by atoms with Gasteiger partial charge < -0.3 is 5.32 Å². The number of nitrogens with one attached hydrogen (secondary N) is 1. The monoisotopic (exact) mass is 263 g/mol. The topological polar surface area (TPSA) is 12.0 Å². The smallest absolute Gasteiger partial charge is 0.123 e. The molecule has 0 aromatic heterocycles. The Balaban J connectivity index is 1.95. The summed E-state index contributed by atoms with van der Waals surface area (Å²) in [5.41, 5.74) is 2.10. The fourth-order valence-electron chi connectivity index (χ4n) is 3.32. The van der Waals surface area contributed by atoms with Crippen molar-refractivity contribution in [2.45, 2.75) is 57.9 Å². The summed E-state index contributed by atoms with van der Waals surface area (Å²) in [5, 5.41) is 3.35. The summed E-state index contributed by atoms with van der Waals surface area (Å²) >= 11 is 0. The van der Waals surface area contributed by atoms with Crippen LogP contribution in [0.5, 0.6) is 0 Å². The van der Waals surface area contributed by atoms with Crippen molar-refractivity contribution in [2.24, 2.45) is 5.92 Å². The molecule has 1 aromatic carbocycles. The minimum atomic E-state index is -0.118. The Kier molecular flexibility index (Phi) is 5.38. The lowest BCUT2D eigenvalue weighted by molar-refractivity contribution is 0.317. The molecule has 0 radical (unpaired) electrons. The van der Waals surface area contributed by atoms with Gasteiger partial charge in [-0.05, 0) is 56.0 Å². The second-order valence-electron chi connectivity index (χ2n) is 5.98. The first-order valence-electron chi connectivity index (χ1n) is 7.63. The molecule has 1 fully saturated rings. The van der Waals surface area contributed by atoms with Crippen molar-refractivity contribution in [2.75, 3.05) is 7.05 Å². The molecular formula is C17H26FN. The molecule has 1 aliphatic rings. The van der Waals surface area contributed by atoms with Crippen LogP contribution in [-0.2, 0) is 0 Å². The molecule has 1 aliphatic carbocycles. The third kappa shape index (κ3) is 4.31. The number of halogens is 1. The van der Waals surface area contributed by atoms with Gasteiger partial charge in [0.2, 0.25) is 0 Å². The summed E-state index contributed by atoms with van der Waals surface area (Å²) in [6.07, 6.45) is 9.36. The van der Waals surface area contributed by atoms with Crippen LogP contribution in [0, 0.1) is 18.7 Å². The highest BCUT2D eigenvalue weighted by atomic mass is 19.1. The summed E-state index contributed by atoms with van der Waals surface area (Å²) < 4.78 is 13.5. The Morgan fingerprint density at radius 1 is 1.21 bits per heavy atom. The van der Waals surface area contributed by atoms with E-state index in [9.17, 15) is 4.39 Å². The van der Waals surface area contributed by atoms with Crippen molar-refractivity contribution in [1.82, 2.24) is 5.32 Å². The molecule has 1 N–H and O–H groups in total. The number of hydrogen-bond acceptors (Lipinski definition) is 1. The number of hydrogen-bond donors (Lipinski definition) is 1. The summed E-state index contributed by atoms with van der Waals surface area (Å²) in [5.74, 6) is 0.771. The molecule has 1 saturated carbocycles. The largest absolute Gasteiger partial charge is 0.313 e. The molecule has 106 valence electrons. The van der Waals surface area contributed by atoms with Crippen molar-refractivity contribution < 1.29 is 4.39 Å². The lowest BCUT2D eigenvalue weighted by atomic mass is 9.84. The average molecular weight is 263 g/mol.